The van der Waals surface area contributed by atoms with E-state index in [1.54, 1.807) is 0 Å². The molecule has 0 atom stereocenters. The van der Waals surface area contributed by atoms with Gasteiger partial charge >= 0.3 is 0 Å². The monoisotopic (exact) mass is 440 g/mol. The molecular formula is C32H56. The van der Waals surface area contributed by atoms with Crippen molar-refractivity contribution in [2.75, 3.05) is 0 Å². The van der Waals surface area contributed by atoms with Crippen molar-refractivity contribution >= 4 is 0 Å². The van der Waals surface area contributed by atoms with Crippen LogP contribution in [0.1, 0.15) is 133 Å². The highest BCUT2D eigenvalue weighted by Gasteiger charge is 2.24. The smallest absolute Gasteiger partial charge is 0.0129 e. The van der Waals surface area contributed by atoms with E-state index < -0.39 is 0 Å². The molecule has 0 nitrogen and oxygen atoms in total. The van der Waals surface area contributed by atoms with Gasteiger partial charge in [-0.05, 0) is 43.9 Å². The van der Waals surface area contributed by atoms with Crippen LogP contribution in [0.5, 0.6) is 0 Å². The maximum atomic E-state index is 2.33. The number of benzene rings is 2. The van der Waals surface area contributed by atoms with Gasteiger partial charge in [-0.25, -0.2) is 0 Å². The van der Waals surface area contributed by atoms with Crippen LogP contribution in [0, 0.1) is 0 Å². The van der Waals surface area contributed by atoms with E-state index in [2.05, 4.69) is 132 Å². The van der Waals surface area contributed by atoms with Crippen LogP contribution in [-0.4, -0.2) is 0 Å². The van der Waals surface area contributed by atoms with Crippen LogP contribution in [0.2, 0.25) is 0 Å². The zero-order valence-electron chi connectivity index (χ0n) is 24.6. The van der Waals surface area contributed by atoms with Gasteiger partial charge in [0.2, 0.25) is 0 Å². The summed E-state index contributed by atoms with van der Waals surface area (Å²) in [7, 11) is 0. The third-order valence-electron chi connectivity index (χ3n) is 5.14. The molecule has 0 N–H and O–H groups in total. The minimum absolute atomic E-state index is 0.240. The molecule has 0 saturated carbocycles. The van der Waals surface area contributed by atoms with Crippen molar-refractivity contribution in [3.63, 3.8) is 0 Å². The maximum Gasteiger partial charge on any atom is -0.0129 e. The van der Waals surface area contributed by atoms with Gasteiger partial charge in [-0.3, -0.25) is 0 Å². The number of rotatable bonds is 0. The Morgan fingerprint density at radius 3 is 0.875 bits per heavy atom. The lowest BCUT2D eigenvalue weighted by Gasteiger charge is -2.29. The average molecular weight is 441 g/mol. The second-order valence-electron chi connectivity index (χ2n) is 12.1. The third-order valence-corrected chi connectivity index (χ3v) is 5.14. The molecule has 0 aliphatic heterocycles. The highest BCUT2D eigenvalue weighted by molar-refractivity contribution is 5.37. The van der Waals surface area contributed by atoms with E-state index in [9.17, 15) is 0 Å². The molecule has 0 heteroatoms. The van der Waals surface area contributed by atoms with Crippen LogP contribution in [-0.2, 0) is 21.7 Å². The molecule has 2 aromatic carbocycles. The molecule has 0 aromatic heterocycles. The minimum Gasteiger partial charge on any atom is -0.0683 e. The van der Waals surface area contributed by atoms with Crippen LogP contribution in [0.3, 0.4) is 0 Å². The number of hydrogen-bond donors (Lipinski definition) is 0. The minimum atomic E-state index is 0.240. The van der Waals surface area contributed by atoms with Crippen LogP contribution >= 0.6 is 0 Å². The molecule has 2 rings (SSSR count). The van der Waals surface area contributed by atoms with Crippen molar-refractivity contribution in [2.24, 2.45) is 0 Å². The molecule has 0 fully saturated rings. The fraction of sp³-hybridized carbons (Fsp3) is 0.625. The molecule has 0 heterocycles. The zero-order valence-corrected chi connectivity index (χ0v) is 24.6. The second kappa shape index (κ2) is 13.2. The van der Waals surface area contributed by atoms with Crippen LogP contribution in [0.25, 0.3) is 0 Å². The first-order valence-corrected chi connectivity index (χ1v) is 12.6. The standard InChI is InChI=1S/2C14H22.2C2H6/c1-13(2,3)11-8-7-9-12(10-11)14(4,5)6;1-13(2,3)11-9-7-8-10-12(11)14(4,5)6;2*1-2/h2*7-10H,1-6H3;2*1-2H3. The van der Waals surface area contributed by atoms with Gasteiger partial charge < -0.3 is 0 Å². The van der Waals surface area contributed by atoms with Gasteiger partial charge in [-0.15, -0.1) is 0 Å². The summed E-state index contributed by atoms with van der Waals surface area (Å²) in [4.78, 5) is 0. The summed E-state index contributed by atoms with van der Waals surface area (Å²) in [6.45, 7) is 35.2. The average Bonchev–Trinajstić information content (AvgIpc) is 2.69. The van der Waals surface area contributed by atoms with Crippen molar-refractivity contribution in [1.82, 2.24) is 0 Å². The van der Waals surface area contributed by atoms with Crippen LogP contribution in [0.15, 0.2) is 48.5 Å². The quantitative estimate of drug-likeness (QED) is 0.382. The second-order valence-corrected chi connectivity index (χ2v) is 12.1. The highest BCUT2D eigenvalue weighted by atomic mass is 14.3. The molecule has 0 bridgehead atoms. The Morgan fingerprint density at radius 2 is 0.656 bits per heavy atom. The summed E-state index contributed by atoms with van der Waals surface area (Å²) in [5.74, 6) is 0. The molecule has 0 aliphatic rings. The largest absolute Gasteiger partial charge is 0.0683 e. The van der Waals surface area contributed by atoms with Crippen LogP contribution < -0.4 is 0 Å². The first-order chi connectivity index (χ1) is 14.4. The molecule has 2 aromatic rings. The van der Waals surface area contributed by atoms with Crippen molar-refractivity contribution in [3.8, 4) is 0 Å². The van der Waals surface area contributed by atoms with E-state index in [0.717, 1.165) is 0 Å². The summed E-state index contributed by atoms with van der Waals surface area (Å²) in [6, 6.07) is 17.7. The topological polar surface area (TPSA) is 0 Å². The van der Waals surface area contributed by atoms with Gasteiger partial charge in [-0.1, -0.05) is 159 Å². The van der Waals surface area contributed by atoms with E-state index in [-0.39, 0.29) is 21.7 Å². The molecule has 0 amide bonds. The Bertz CT molecular complexity index is 688. The fourth-order valence-corrected chi connectivity index (χ4v) is 3.24. The maximum absolute atomic E-state index is 2.33. The number of hydrogen-bond acceptors (Lipinski definition) is 0. The molecule has 32 heavy (non-hydrogen) atoms. The van der Waals surface area contributed by atoms with E-state index in [1.165, 1.54) is 22.3 Å². The molecule has 184 valence electrons. The van der Waals surface area contributed by atoms with E-state index >= 15 is 0 Å². The Labute approximate surface area is 203 Å². The van der Waals surface area contributed by atoms with E-state index in [4.69, 9.17) is 0 Å². The predicted molar refractivity (Wildman–Crippen MR) is 150 cm³/mol. The summed E-state index contributed by atoms with van der Waals surface area (Å²) in [6.07, 6.45) is 0. The Balaban J connectivity index is 0. The van der Waals surface area contributed by atoms with Gasteiger partial charge in [0, 0.05) is 0 Å². The molecule has 0 radical (unpaired) electrons. The SMILES string of the molecule is CC.CC.CC(C)(C)c1cccc(C(C)(C)C)c1.CC(C)(C)c1ccccc1C(C)(C)C. The lowest BCUT2D eigenvalue weighted by molar-refractivity contribution is 0.530. The van der Waals surface area contributed by atoms with Gasteiger partial charge in [0.15, 0.2) is 0 Å². The highest BCUT2D eigenvalue weighted by Crippen LogP contribution is 2.33. The van der Waals surface area contributed by atoms with Gasteiger partial charge in [0.25, 0.3) is 0 Å². The van der Waals surface area contributed by atoms with Crippen molar-refractivity contribution in [2.45, 2.75) is 132 Å². The Kier molecular flexibility index (Phi) is 13.5. The van der Waals surface area contributed by atoms with Crippen molar-refractivity contribution in [1.29, 1.82) is 0 Å². The summed E-state index contributed by atoms with van der Waals surface area (Å²) >= 11 is 0. The third kappa shape index (κ3) is 11.3. The van der Waals surface area contributed by atoms with E-state index in [0.29, 0.717) is 0 Å². The summed E-state index contributed by atoms with van der Waals surface area (Å²) in [5.41, 5.74) is 6.76. The molecule has 0 aliphatic carbocycles. The lowest BCUT2D eigenvalue weighted by Crippen LogP contribution is -2.21. The van der Waals surface area contributed by atoms with Gasteiger partial charge in [0.05, 0.1) is 0 Å². The lowest BCUT2D eigenvalue weighted by atomic mass is 9.75. The van der Waals surface area contributed by atoms with E-state index in [1.807, 2.05) is 27.7 Å². The first-order valence-electron chi connectivity index (χ1n) is 12.6. The fourth-order valence-electron chi connectivity index (χ4n) is 3.24. The normalized spacial score (nSPS) is 11.8. The summed E-state index contributed by atoms with van der Waals surface area (Å²) < 4.78 is 0. The van der Waals surface area contributed by atoms with Crippen molar-refractivity contribution < 1.29 is 0 Å². The Morgan fingerprint density at radius 1 is 0.375 bits per heavy atom. The molecule has 0 spiro atoms. The summed E-state index contributed by atoms with van der Waals surface area (Å²) in [5, 5.41) is 0. The van der Waals surface area contributed by atoms with Gasteiger partial charge in [0.1, 0.15) is 0 Å². The van der Waals surface area contributed by atoms with Crippen LogP contribution in [0.4, 0.5) is 0 Å². The van der Waals surface area contributed by atoms with Crippen molar-refractivity contribution in [3.05, 3.63) is 70.8 Å². The predicted octanol–water partition coefficient (Wildman–Crippen LogP) is 10.6. The Hall–Kier alpha value is -1.56. The molecule has 0 saturated heterocycles. The molecular weight excluding hydrogens is 384 g/mol. The zero-order chi connectivity index (χ0) is 26.0. The molecule has 0 unspecified atom stereocenters. The first kappa shape index (κ1) is 32.6. The van der Waals surface area contributed by atoms with Gasteiger partial charge in [-0.2, -0.15) is 0 Å².